The van der Waals surface area contributed by atoms with E-state index in [1.165, 1.54) is 0 Å². The van der Waals surface area contributed by atoms with Gasteiger partial charge >= 0.3 is 0 Å². The summed E-state index contributed by atoms with van der Waals surface area (Å²) in [6, 6.07) is 0. The Morgan fingerprint density at radius 1 is 1.05 bits per heavy atom. The minimum absolute atomic E-state index is 0.0751. The molecule has 1 N–H and O–H groups in total. The molecule has 0 bridgehead atoms. The van der Waals surface area contributed by atoms with E-state index in [0.717, 1.165) is 12.8 Å². The van der Waals surface area contributed by atoms with Crippen molar-refractivity contribution in [3.8, 4) is 0 Å². The summed E-state index contributed by atoms with van der Waals surface area (Å²) in [6.07, 6.45) is 2.26. The summed E-state index contributed by atoms with van der Waals surface area (Å²) in [7, 11) is 5.59. The minimum Gasteiger partial charge on any atom is -0.379 e. The standard InChI is InChI=1S/C16H35NO2/c1-10-16(17-7,13(3)15(4,5)6)11-14(19-9)12(2)18-8/h12-14,17H,10-11H2,1-9H3/t12?,13?,14-,16?/m1/s1. The number of ether oxygens (including phenoxy) is 2. The van der Waals surface area contributed by atoms with Crippen LogP contribution in [0.2, 0.25) is 0 Å². The molecule has 3 unspecified atom stereocenters. The van der Waals surface area contributed by atoms with Crippen molar-refractivity contribution < 1.29 is 9.47 Å². The molecule has 0 radical (unpaired) electrons. The van der Waals surface area contributed by atoms with Gasteiger partial charge in [0.15, 0.2) is 0 Å². The Bertz CT molecular complexity index is 244. The molecule has 116 valence electrons. The van der Waals surface area contributed by atoms with E-state index in [9.17, 15) is 0 Å². The lowest BCUT2D eigenvalue weighted by Crippen LogP contribution is -2.55. The molecule has 0 aliphatic heterocycles. The topological polar surface area (TPSA) is 30.5 Å². The molecule has 0 rings (SSSR count). The fourth-order valence-corrected chi connectivity index (χ4v) is 2.90. The quantitative estimate of drug-likeness (QED) is 0.734. The lowest BCUT2D eigenvalue weighted by Gasteiger charge is -2.47. The molecule has 0 aromatic rings. The van der Waals surface area contributed by atoms with Crippen molar-refractivity contribution in [3.05, 3.63) is 0 Å². The molecule has 0 aromatic carbocycles. The lowest BCUT2D eigenvalue weighted by atomic mass is 9.66. The highest BCUT2D eigenvalue weighted by Crippen LogP contribution is 2.39. The van der Waals surface area contributed by atoms with Crippen molar-refractivity contribution >= 4 is 0 Å². The molecular weight excluding hydrogens is 238 g/mol. The maximum absolute atomic E-state index is 5.66. The van der Waals surface area contributed by atoms with Gasteiger partial charge in [-0.15, -0.1) is 0 Å². The van der Waals surface area contributed by atoms with Gasteiger partial charge in [0.1, 0.15) is 0 Å². The molecule has 0 fully saturated rings. The molecule has 3 nitrogen and oxygen atoms in total. The Morgan fingerprint density at radius 2 is 1.58 bits per heavy atom. The number of methoxy groups -OCH3 is 2. The molecule has 0 saturated heterocycles. The summed E-state index contributed by atoms with van der Waals surface area (Å²) in [5.41, 5.74) is 0.333. The zero-order chi connectivity index (χ0) is 15.3. The highest BCUT2D eigenvalue weighted by molar-refractivity contribution is 4.98. The summed E-state index contributed by atoms with van der Waals surface area (Å²) in [6.45, 7) is 13.6. The molecule has 0 heterocycles. The van der Waals surface area contributed by atoms with Crippen LogP contribution in [0.25, 0.3) is 0 Å². The molecule has 3 heteroatoms. The molecule has 0 aliphatic rings. The average molecular weight is 273 g/mol. The number of rotatable bonds is 8. The first kappa shape index (κ1) is 18.9. The third-order valence-electron chi connectivity index (χ3n) is 5.02. The van der Waals surface area contributed by atoms with Crippen LogP contribution in [-0.4, -0.2) is 39.0 Å². The minimum atomic E-state index is 0.0751. The van der Waals surface area contributed by atoms with E-state index >= 15 is 0 Å². The second-order valence-electron chi connectivity index (χ2n) is 6.77. The van der Waals surface area contributed by atoms with Crippen LogP contribution in [0.3, 0.4) is 0 Å². The van der Waals surface area contributed by atoms with Crippen molar-refractivity contribution in [2.24, 2.45) is 11.3 Å². The molecule has 0 aromatic heterocycles. The van der Waals surface area contributed by atoms with E-state index in [4.69, 9.17) is 9.47 Å². The number of nitrogens with one attached hydrogen (secondary N) is 1. The van der Waals surface area contributed by atoms with Crippen molar-refractivity contribution in [3.63, 3.8) is 0 Å². The third-order valence-corrected chi connectivity index (χ3v) is 5.02. The largest absolute Gasteiger partial charge is 0.379 e. The summed E-state index contributed by atoms with van der Waals surface area (Å²) in [5.74, 6) is 0.539. The van der Waals surface area contributed by atoms with Gasteiger partial charge in [0.25, 0.3) is 0 Å². The molecule has 0 saturated carbocycles. The van der Waals surface area contributed by atoms with E-state index in [1.54, 1.807) is 14.2 Å². The Morgan fingerprint density at radius 3 is 1.84 bits per heavy atom. The zero-order valence-electron chi connectivity index (χ0n) is 14.5. The van der Waals surface area contributed by atoms with Gasteiger partial charge in [-0.1, -0.05) is 34.6 Å². The van der Waals surface area contributed by atoms with E-state index in [1.807, 2.05) is 0 Å². The predicted molar refractivity (Wildman–Crippen MR) is 82.6 cm³/mol. The van der Waals surface area contributed by atoms with Gasteiger partial charge in [-0.3, -0.25) is 0 Å². The first-order valence-corrected chi connectivity index (χ1v) is 7.43. The zero-order valence-corrected chi connectivity index (χ0v) is 14.5. The lowest BCUT2D eigenvalue weighted by molar-refractivity contribution is -0.0553. The van der Waals surface area contributed by atoms with Crippen LogP contribution < -0.4 is 5.32 Å². The van der Waals surface area contributed by atoms with Crippen LogP contribution in [0.1, 0.15) is 54.4 Å². The first-order chi connectivity index (χ1) is 8.68. The molecule has 19 heavy (non-hydrogen) atoms. The van der Waals surface area contributed by atoms with Crippen molar-refractivity contribution in [2.75, 3.05) is 21.3 Å². The van der Waals surface area contributed by atoms with Gasteiger partial charge in [0, 0.05) is 19.8 Å². The Balaban J connectivity index is 5.18. The molecule has 4 atom stereocenters. The summed E-state index contributed by atoms with van der Waals surface area (Å²) < 4.78 is 11.1. The van der Waals surface area contributed by atoms with Gasteiger partial charge in [-0.2, -0.15) is 0 Å². The highest BCUT2D eigenvalue weighted by Gasteiger charge is 2.42. The van der Waals surface area contributed by atoms with Crippen molar-refractivity contribution in [1.29, 1.82) is 0 Å². The van der Waals surface area contributed by atoms with Crippen LogP contribution in [0, 0.1) is 11.3 Å². The Labute approximate surface area is 120 Å². The van der Waals surface area contributed by atoms with Gasteiger partial charge in [-0.05, 0) is 38.1 Å². The van der Waals surface area contributed by atoms with Gasteiger partial charge in [0.05, 0.1) is 12.2 Å². The van der Waals surface area contributed by atoms with Gasteiger partial charge in [-0.25, -0.2) is 0 Å². The maximum Gasteiger partial charge on any atom is 0.0847 e. The van der Waals surface area contributed by atoms with Gasteiger partial charge in [0.2, 0.25) is 0 Å². The highest BCUT2D eigenvalue weighted by atomic mass is 16.5. The first-order valence-electron chi connectivity index (χ1n) is 7.43. The molecule has 0 spiro atoms. The average Bonchev–Trinajstić information content (AvgIpc) is 2.38. The van der Waals surface area contributed by atoms with Crippen molar-refractivity contribution in [2.45, 2.75) is 72.1 Å². The molecule has 0 aliphatic carbocycles. The second-order valence-corrected chi connectivity index (χ2v) is 6.77. The predicted octanol–water partition coefficient (Wildman–Crippen LogP) is 3.48. The molecular formula is C16H35NO2. The maximum atomic E-state index is 5.66. The SMILES string of the molecule is CCC(C[C@@H](OC)C(C)OC)(NC)C(C)C(C)(C)C. The third kappa shape index (κ3) is 4.73. The second kappa shape index (κ2) is 7.61. The summed E-state index contributed by atoms with van der Waals surface area (Å²) >= 11 is 0. The van der Waals surface area contributed by atoms with E-state index in [-0.39, 0.29) is 23.2 Å². The number of hydrogen-bond donors (Lipinski definition) is 1. The summed E-state index contributed by atoms with van der Waals surface area (Å²) in [5, 5.41) is 3.58. The van der Waals surface area contributed by atoms with E-state index in [0.29, 0.717) is 5.92 Å². The van der Waals surface area contributed by atoms with Crippen molar-refractivity contribution in [1.82, 2.24) is 5.32 Å². The van der Waals surface area contributed by atoms with Crippen LogP contribution >= 0.6 is 0 Å². The number of hydrogen-bond acceptors (Lipinski definition) is 3. The Hall–Kier alpha value is -0.120. The van der Waals surface area contributed by atoms with Crippen LogP contribution in [0.15, 0.2) is 0 Å². The van der Waals surface area contributed by atoms with Crippen LogP contribution in [-0.2, 0) is 9.47 Å². The van der Waals surface area contributed by atoms with Gasteiger partial charge < -0.3 is 14.8 Å². The fourth-order valence-electron chi connectivity index (χ4n) is 2.90. The Kier molecular flexibility index (Phi) is 7.56. The van der Waals surface area contributed by atoms with E-state index < -0.39 is 0 Å². The van der Waals surface area contributed by atoms with Crippen LogP contribution in [0.5, 0.6) is 0 Å². The normalized spacial score (nSPS) is 20.7. The molecule has 0 amide bonds. The summed E-state index contributed by atoms with van der Waals surface area (Å²) in [4.78, 5) is 0. The smallest absolute Gasteiger partial charge is 0.0847 e. The van der Waals surface area contributed by atoms with E-state index in [2.05, 4.69) is 53.9 Å². The van der Waals surface area contributed by atoms with Crippen LogP contribution in [0.4, 0.5) is 0 Å². The monoisotopic (exact) mass is 273 g/mol. The fraction of sp³-hybridized carbons (Fsp3) is 1.00.